The number of hydrogen-bond acceptors (Lipinski definition) is 2. The Kier molecular flexibility index (Phi) is 4.77. The molecule has 6 heteroatoms. The minimum atomic E-state index is -0.968. The Hall–Kier alpha value is -2.40. The highest BCUT2D eigenvalue weighted by Crippen LogP contribution is 2.44. The van der Waals surface area contributed by atoms with Gasteiger partial charge < -0.3 is 10.4 Å². The number of rotatable bonds is 5. The summed E-state index contributed by atoms with van der Waals surface area (Å²) in [6.45, 7) is 0. The van der Waals surface area contributed by atoms with Crippen molar-refractivity contribution in [2.75, 3.05) is 5.32 Å². The standard InChI is InChI=1S/C19H17ClFNO3/c20-13-4-2-12(3-5-13)15-10-14(21)6-7-16(15)22-17(23)11-19(18(24)25)8-1-9-19/h2-7,10H,1,8-9,11H2,(H,22,23)(H,24,25). The van der Waals surface area contributed by atoms with Crippen molar-refractivity contribution in [3.63, 3.8) is 0 Å². The van der Waals surface area contributed by atoms with Gasteiger partial charge in [0.15, 0.2) is 0 Å². The number of hydrogen-bond donors (Lipinski definition) is 2. The lowest BCUT2D eigenvalue weighted by atomic mass is 9.66. The van der Waals surface area contributed by atoms with E-state index in [0.717, 1.165) is 6.42 Å². The molecule has 0 bridgehead atoms. The summed E-state index contributed by atoms with van der Waals surface area (Å²) >= 11 is 5.88. The first kappa shape index (κ1) is 17.4. The molecule has 0 heterocycles. The fourth-order valence-corrected chi connectivity index (χ4v) is 3.19. The summed E-state index contributed by atoms with van der Waals surface area (Å²) in [5.41, 5.74) is 0.692. The zero-order valence-corrected chi connectivity index (χ0v) is 14.1. The van der Waals surface area contributed by atoms with E-state index in [0.29, 0.717) is 34.7 Å². The lowest BCUT2D eigenvalue weighted by molar-refractivity contribution is -0.157. The van der Waals surface area contributed by atoms with Crippen molar-refractivity contribution in [2.24, 2.45) is 5.41 Å². The molecule has 4 nitrogen and oxygen atoms in total. The van der Waals surface area contributed by atoms with E-state index in [9.17, 15) is 19.1 Å². The third-order valence-electron chi connectivity index (χ3n) is 4.67. The summed E-state index contributed by atoms with van der Waals surface area (Å²) in [7, 11) is 0. The molecular formula is C19H17ClFNO3. The second-order valence-corrected chi connectivity index (χ2v) is 6.80. The van der Waals surface area contributed by atoms with Crippen molar-refractivity contribution in [3.05, 3.63) is 53.3 Å². The molecule has 2 aromatic carbocycles. The largest absolute Gasteiger partial charge is 0.481 e. The lowest BCUT2D eigenvalue weighted by Gasteiger charge is -2.37. The Morgan fingerprint density at radius 3 is 2.40 bits per heavy atom. The zero-order valence-electron chi connectivity index (χ0n) is 13.4. The predicted octanol–water partition coefficient (Wildman–Crippen LogP) is 4.73. The highest BCUT2D eigenvalue weighted by Gasteiger charge is 2.45. The molecule has 1 aliphatic rings. The van der Waals surface area contributed by atoms with E-state index in [2.05, 4.69) is 5.32 Å². The Morgan fingerprint density at radius 2 is 1.84 bits per heavy atom. The average Bonchev–Trinajstić information content (AvgIpc) is 2.53. The minimum absolute atomic E-state index is 0.0836. The van der Waals surface area contributed by atoms with Crippen molar-refractivity contribution in [1.29, 1.82) is 0 Å². The van der Waals surface area contributed by atoms with E-state index >= 15 is 0 Å². The zero-order chi connectivity index (χ0) is 18.0. The predicted molar refractivity (Wildman–Crippen MR) is 94.0 cm³/mol. The molecule has 2 aromatic rings. The summed E-state index contributed by atoms with van der Waals surface area (Å²) < 4.78 is 13.7. The third kappa shape index (κ3) is 3.66. The summed E-state index contributed by atoms with van der Waals surface area (Å²) in [4.78, 5) is 23.8. The molecule has 0 saturated heterocycles. The molecule has 0 unspecified atom stereocenters. The van der Waals surface area contributed by atoms with Gasteiger partial charge in [0, 0.05) is 22.7 Å². The number of aliphatic carboxylic acids is 1. The van der Waals surface area contributed by atoms with Crippen LogP contribution in [-0.4, -0.2) is 17.0 Å². The van der Waals surface area contributed by atoms with Crippen molar-refractivity contribution < 1.29 is 19.1 Å². The van der Waals surface area contributed by atoms with Crippen LogP contribution in [0.15, 0.2) is 42.5 Å². The lowest BCUT2D eigenvalue weighted by Crippen LogP contribution is -2.41. The Morgan fingerprint density at radius 1 is 1.16 bits per heavy atom. The van der Waals surface area contributed by atoms with E-state index < -0.39 is 17.2 Å². The van der Waals surface area contributed by atoms with Crippen LogP contribution in [0, 0.1) is 11.2 Å². The topological polar surface area (TPSA) is 66.4 Å². The number of carboxylic acid groups (broad SMARTS) is 1. The normalized spacial score (nSPS) is 15.3. The van der Waals surface area contributed by atoms with Gasteiger partial charge in [-0.05, 0) is 48.7 Å². The number of carbonyl (C=O) groups is 2. The van der Waals surface area contributed by atoms with Gasteiger partial charge in [0.25, 0.3) is 0 Å². The molecule has 1 aliphatic carbocycles. The van der Waals surface area contributed by atoms with Gasteiger partial charge in [0.05, 0.1) is 5.41 Å². The second-order valence-electron chi connectivity index (χ2n) is 6.36. The van der Waals surface area contributed by atoms with Crippen LogP contribution in [0.3, 0.4) is 0 Å². The Bertz CT molecular complexity index is 816. The number of amides is 1. The molecule has 0 atom stereocenters. The average molecular weight is 362 g/mol. The first-order valence-corrected chi connectivity index (χ1v) is 8.36. The molecule has 0 aromatic heterocycles. The second kappa shape index (κ2) is 6.84. The van der Waals surface area contributed by atoms with Gasteiger partial charge >= 0.3 is 5.97 Å². The number of carbonyl (C=O) groups excluding carboxylic acids is 1. The number of halogens is 2. The van der Waals surface area contributed by atoms with Gasteiger partial charge in [-0.1, -0.05) is 30.2 Å². The van der Waals surface area contributed by atoms with Crippen molar-refractivity contribution in [1.82, 2.24) is 0 Å². The van der Waals surface area contributed by atoms with Crippen LogP contribution in [0.25, 0.3) is 11.1 Å². The van der Waals surface area contributed by atoms with Crippen LogP contribution in [0.4, 0.5) is 10.1 Å². The summed E-state index contributed by atoms with van der Waals surface area (Å²) in [6.07, 6.45) is 1.73. The van der Waals surface area contributed by atoms with Gasteiger partial charge in [-0.25, -0.2) is 4.39 Å². The maximum Gasteiger partial charge on any atom is 0.310 e. The van der Waals surface area contributed by atoms with Crippen molar-refractivity contribution in [3.8, 4) is 11.1 Å². The molecule has 3 rings (SSSR count). The number of anilines is 1. The summed E-state index contributed by atoms with van der Waals surface area (Å²) in [6, 6.07) is 10.9. The molecule has 0 radical (unpaired) electrons. The molecule has 2 N–H and O–H groups in total. The van der Waals surface area contributed by atoms with Gasteiger partial charge in [0.2, 0.25) is 5.91 Å². The number of nitrogens with one attached hydrogen (secondary N) is 1. The number of carboxylic acids is 1. The Balaban J connectivity index is 1.84. The molecule has 130 valence electrons. The highest BCUT2D eigenvalue weighted by molar-refractivity contribution is 6.30. The molecule has 1 amide bonds. The van der Waals surface area contributed by atoms with E-state index in [1.807, 2.05) is 0 Å². The van der Waals surface area contributed by atoms with Gasteiger partial charge in [-0.15, -0.1) is 0 Å². The van der Waals surface area contributed by atoms with Crippen LogP contribution in [-0.2, 0) is 9.59 Å². The first-order valence-electron chi connectivity index (χ1n) is 7.98. The van der Waals surface area contributed by atoms with Gasteiger partial charge in [-0.2, -0.15) is 0 Å². The third-order valence-corrected chi connectivity index (χ3v) is 4.93. The van der Waals surface area contributed by atoms with Crippen LogP contribution in [0.2, 0.25) is 5.02 Å². The maximum atomic E-state index is 13.7. The molecule has 1 fully saturated rings. The summed E-state index contributed by atoms with van der Waals surface area (Å²) in [5.74, 6) is -1.75. The minimum Gasteiger partial charge on any atom is -0.481 e. The fraction of sp³-hybridized carbons (Fsp3) is 0.263. The molecule has 0 aliphatic heterocycles. The van der Waals surface area contributed by atoms with Gasteiger partial charge in [0.1, 0.15) is 5.82 Å². The van der Waals surface area contributed by atoms with E-state index in [1.165, 1.54) is 18.2 Å². The van der Waals surface area contributed by atoms with Crippen LogP contribution < -0.4 is 5.32 Å². The monoisotopic (exact) mass is 361 g/mol. The maximum absolute atomic E-state index is 13.7. The molecular weight excluding hydrogens is 345 g/mol. The van der Waals surface area contributed by atoms with Gasteiger partial charge in [-0.3, -0.25) is 9.59 Å². The number of benzene rings is 2. The van der Waals surface area contributed by atoms with Crippen LogP contribution in [0.5, 0.6) is 0 Å². The smallest absolute Gasteiger partial charge is 0.310 e. The van der Waals surface area contributed by atoms with Crippen LogP contribution in [0.1, 0.15) is 25.7 Å². The fourth-order valence-electron chi connectivity index (χ4n) is 3.07. The van der Waals surface area contributed by atoms with E-state index in [1.54, 1.807) is 24.3 Å². The van der Waals surface area contributed by atoms with E-state index in [4.69, 9.17) is 11.6 Å². The highest BCUT2D eigenvalue weighted by atomic mass is 35.5. The summed E-state index contributed by atoms with van der Waals surface area (Å²) in [5, 5.41) is 12.6. The van der Waals surface area contributed by atoms with Crippen LogP contribution >= 0.6 is 11.6 Å². The molecule has 1 saturated carbocycles. The quantitative estimate of drug-likeness (QED) is 0.809. The first-order chi connectivity index (χ1) is 11.9. The van der Waals surface area contributed by atoms with Crippen molar-refractivity contribution >= 4 is 29.2 Å². The van der Waals surface area contributed by atoms with Crippen molar-refractivity contribution in [2.45, 2.75) is 25.7 Å². The SMILES string of the molecule is O=C(CC1(C(=O)O)CCC1)Nc1ccc(F)cc1-c1ccc(Cl)cc1. The van der Waals surface area contributed by atoms with E-state index in [-0.39, 0.29) is 12.3 Å². The Labute approximate surface area is 149 Å². The molecule has 0 spiro atoms. The molecule has 25 heavy (non-hydrogen) atoms.